The van der Waals surface area contributed by atoms with E-state index in [0.717, 1.165) is 0 Å². The third-order valence-corrected chi connectivity index (χ3v) is 4.81. The summed E-state index contributed by atoms with van der Waals surface area (Å²) in [5.41, 5.74) is 0. The Hall–Kier alpha value is 0. The Morgan fingerprint density at radius 1 is 0.476 bits per heavy atom. The van der Waals surface area contributed by atoms with Gasteiger partial charge < -0.3 is 0 Å². The monoisotopic (exact) mass is 295 g/mol. The molecule has 0 spiro atoms. The summed E-state index contributed by atoms with van der Waals surface area (Å²) in [6.07, 6.45) is 24.6. The summed E-state index contributed by atoms with van der Waals surface area (Å²) in [5, 5.41) is 0. The Balaban J connectivity index is 2.96. The maximum absolute atomic E-state index is 2.31. The molecule has 0 unspecified atom stereocenters. The van der Waals surface area contributed by atoms with Gasteiger partial charge in [-0.15, -0.1) is 0 Å². The molecule has 0 aliphatic carbocycles. The van der Waals surface area contributed by atoms with Crippen molar-refractivity contribution in [3.63, 3.8) is 0 Å². The molecule has 0 aliphatic heterocycles. The van der Waals surface area contributed by atoms with Gasteiger partial charge in [0.15, 0.2) is 0 Å². The summed E-state index contributed by atoms with van der Waals surface area (Å²) < 4.78 is 0. The first-order valence-electron chi connectivity index (χ1n) is 10.1. The highest BCUT2D eigenvalue weighted by Gasteiger charge is 1.98. The molecule has 127 valence electrons. The third kappa shape index (κ3) is 18.0. The highest BCUT2D eigenvalue weighted by molar-refractivity contribution is 4.80. The largest absolute Gasteiger partial charge is 0.0654 e. The van der Waals surface area contributed by atoms with E-state index in [1.807, 2.05) is 0 Å². The maximum atomic E-state index is 2.31. The molecule has 0 aliphatic rings. The van der Waals surface area contributed by atoms with Crippen LogP contribution in [-0.4, -0.2) is 0 Å². The number of unbranched alkanes of at least 4 members (excludes halogenated alkanes) is 14. The van der Waals surface area contributed by atoms with E-state index in [1.54, 1.807) is 5.92 Å². The zero-order valence-corrected chi connectivity index (χ0v) is 15.5. The summed E-state index contributed by atoms with van der Waals surface area (Å²) in [6, 6.07) is 0. The molecule has 0 amide bonds. The van der Waals surface area contributed by atoms with E-state index in [0.29, 0.717) is 0 Å². The maximum Gasteiger partial charge on any atom is -0.0275 e. The van der Waals surface area contributed by atoms with E-state index >= 15 is 0 Å². The Kier molecular flexibility index (Phi) is 18.1. The van der Waals surface area contributed by atoms with Crippen LogP contribution in [0.25, 0.3) is 0 Å². The van der Waals surface area contributed by atoms with Crippen molar-refractivity contribution in [2.75, 3.05) is 0 Å². The van der Waals surface area contributed by atoms with Crippen molar-refractivity contribution in [1.82, 2.24) is 0 Å². The zero-order chi connectivity index (χ0) is 15.6. The molecule has 0 aromatic heterocycles. The lowest BCUT2D eigenvalue weighted by Gasteiger charge is -2.07. The van der Waals surface area contributed by atoms with Gasteiger partial charge in [0.1, 0.15) is 0 Å². The van der Waals surface area contributed by atoms with E-state index < -0.39 is 0 Å². The number of hydrogen-bond acceptors (Lipinski definition) is 0. The molecule has 0 N–H and O–H groups in total. The standard InChI is InChI=1S/C21H43/c1-4-6-7-8-9-10-11-12-13-14-15-16-17-18-19-20-21(3)5-2/h4-20H2,1-3H3. The van der Waals surface area contributed by atoms with Crippen LogP contribution in [-0.2, 0) is 0 Å². The van der Waals surface area contributed by atoms with E-state index in [9.17, 15) is 0 Å². The molecule has 0 heterocycles. The van der Waals surface area contributed by atoms with Crippen molar-refractivity contribution in [1.29, 1.82) is 0 Å². The van der Waals surface area contributed by atoms with Crippen molar-refractivity contribution in [2.45, 2.75) is 130 Å². The van der Waals surface area contributed by atoms with E-state index in [4.69, 9.17) is 0 Å². The summed E-state index contributed by atoms with van der Waals surface area (Å²) in [7, 11) is 0. The fourth-order valence-corrected chi connectivity index (χ4v) is 2.97. The Morgan fingerprint density at radius 2 is 0.810 bits per heavy atom. The van der Waals surface area contributed by atoms with Crippen molar-refractivity contribution < 1.29 is 0 Å². The Bertz CT molecular complexity index is 173. The van der Waals surface area contributed by atoms with Gasteiger partial charge >= 0.3 is 0 Å². The van der Waals surface area contributed by atoms with Crippen LogP contribution in [0.3, 0.4) is 0 Å². The quantitative estimate of drug-likeness (QED) is 0.237. The molecule has 0 aromatic carbocycles. The van der Waals surface area contributed by atoms with Crippen LogP contribution in [0.4, 0.5) is 0 Å². The first-order chi connectivity index (χ1) is 10.3. The minimum Gasteiger partial charge on any atom is -0.0654 e. The fourth-order valence-electron chi connectivity index (χ4n) is 2.97. The van der Waals surface area contributed by atoms with Gasteiger partial charge in [0.05, 0.1) is 0 Å². The SMILES string of the molecule is CCCCCCCCCCCCCCCCC[C](C)CC. The predicted octanol–water partition coefficient (Wildman–Crippen LogP) is 8.25. The van der Waals surface area contributed by atoms with Gasteiger partial charge in [-0.2, -0.15) is 0 Å². The summed E-state index contributed by atoms with van der Waals surface area (Å²) in [4.78, 5) is 0. The molecule has 0 heteroatoms. The normalized spacial score (nSPS) is 11.4. The Morgan fingerprint density at radius 3 is 1.14 bits per heavy atom. The van der Waals surface area contributed by atoms with Gasteiger partial charge in [-0.3, -0.25) is 0 Å². The molecule has 0 bridgehead atoms. The van der Waals surface area contributed by atoms with Crippen LogP contribution in [0, 0.1) is 5.92 Å². The lowest BCUT2D eigenvalue weighted by molar-refractivity contribution is 0.529. The lowest BCUT2D eigenvalue weighted by Crippen LogP contribution is -1.89. The number of hydrogen-bond donors (Lipinski definition) is 0. The van der Waals surface area contributed by atoms with Crippen molar-refractivity contribution in [3.8, 4) is 0 Å². The van der Waals surface area contributed by atoms with Gasteiger partial charge in [0.25, 0.3) is 0 Å². The molecular formula is C21H43. The lowest BCUT2D eigenvalue weighted by atomic mass is 9.99. The van der Waals surface area contributed by atoms with Crippen molar-refractivity contribution in [3.05, 3.63) is 5.92 Å². The second-order valence-electron chi connectivity index (χ2n) is 7.01. The van der Waals surface area contributed by atoms with Gasteiger partial charge in [-0.25, -0.2) is 0 Å². The van der Waals surface area contributed by atoms with Gasteiger partial charge in [0, 0.05) is 0 Å². The average Bonchev–Trinajstić information content (AvgIpc) is 2.50. The van der Waals surface area contributed by atoms with Gasteiger partial charge in [-0.1, -0.05) is 124 Å². The van der Waals surface area contributed by atoms with Crippen LogP contribution in [0.15, 0.2) is 0 Å². The summed E-state index contributed by atoms with van der Waals surface area (Å²) in [5.74, 6) is 1.68. The molecular weight excluding hydrogens is 252 g/mol. The molecule has 0 rings (SSSR count). The fraction of sp³-hybridized carbons (Fsp3) is 0.952. The highest BCUT2D eigenvalue weighted by Crippen LogP contribution is 2.16. The van der Waals surface area contributed by atoms with E-state index in [2.05, 4.69) is 20.8 Å². The molecule has 0 nitrogen and oxygen atoms in total. The van der Waals surface area contributed by atoms with Crippen LogP contribution < -0.4 is 0 Å². The summed E-state index contributed by atoms with van der Waals surface area (Å²) >= 11 is 0. The van der Waals surface area contributed by atoms with Crippen molar-refractivity contribution >= 4 is 0 Å². The molecule has 0 fully saturated rings. The average molecular weight is 296 g/mol. The first-order valence-corrected chi connectivity index (χ1v) is 10.1. The van der Waals surface area contributed by atoms with Crippen molar-refractivity contribution in [2.24, 2.45) is 0 Å². The molecule has 0 atom stereocenters. The predicted molar refractivity (Wildman–Crippen MR) is 98.8 cm³/mol. The molecule has 0 aromatic rings. The molecule has 0 saturated carbocycles. The topological polar surface area (TPSA) is 0 Å². The molecule has 0 saturated heterocycles. The van der Waals surface area contributed by atoms with Crippen LogP contribution in [0.2, 0.25) is 0 Å². The Labute approximate surface area is 136 Å². The van der Waals surface area contributed by atoms with E-state index in [1.165, 1.54) is 109 Å². The van der Waals surface area contributed by atoms with Gasteiger partial charge in [0.2, 0.25) is 0 Å². The second-order valence-corrected chi connectivity index (χ2v) is 7.01. The van der Waals surface area contributed by atoms with E-state index in [-0.39, 0.29) is 0 Å². The third-order valence-electron chi connectivity index (χ3n) is 4.81. The molecule has 1 radical (unpaired) electrons. The van der Waals surface area contributed by atoms with Gasteiger partial charge in [-0.05, 0) is 12.3 Å². The smallest absolute Gasteiger partial charge is 0.0275 e. The molecule has 21 heavy (non-hydrogen) atoms. The minimum atomic E-state index is 1.28. The van der Waals surface area contributed by atoms with Crippen LogP contribution in [0.5, 0.6) is 0 Å². The van der Waals surface area contributed by atoms with Crippen LogP contribution >= 0.6 is 0 Å². The van der Waals surface area contributed by atoms with Crippen LogP contribution in [0.1, 0.15) is 130 Å². The summed E-state index contributed by atoms with van der Waals surface area (Å²) in [6.45, 7) is 6.88. The second kappa shape index (κ2) is 18.1. The number of rotatable bonds is 17. The minimum absolute atomic E-state index is 1.28. The first kappa shape index (κ1) is 21.0. The zero-order valence-electron chi connectivity index (χ0n) is 15.5. The highest BCUT2D eigenvalue weighted by atomic mass is 14.0.